The van der Waals surface area contributed by atoms with Gasteiger partial charge in [-0.25, -0.2) is 4.79 Å². The van der Waals surface area contributed by atoms with Crippen molar-refractivity contribution in [2.24, 2.45) is 16.5 Å². The van der Waals surface area contributed by atoms with E-state index in [1.807, 2.05) is 29.3 Å². The van der Waals surface area contributed by atoms with E-state index in [0.717, 1.165) is 50.2 Å². The Morgan fingerprint density at radius 3 is 2.93 bits per heavy atom. The number of unbranched alkanes of at least 4 members (excludes halogenated alkanes) is 1. The van der Waals surface area contributed by atoms with Crippen molar-refractivity contribution < 1.29 is 4.79 Å². The number of likely N-dealkylation sites (tertiary alicyclic amines) is 1. The predicted octanol–water partition coefficient (Wildman–Crippen LogP) is 0.932. The molecular formula is C19H27N7O. The van der Waals surface area contributed by atoms with Gasteiger partial charge in [0.1, 0.15) is 6.17 Å². The third kappa shape index (κ3) is 3.71. The number of hydrogen-bond donors (Lipinski definition) is 4. The summed E-state index contributed by atoms with van der Waals surface area (Å²) in [6.07, 6.45) is 4.92. The predicted molar refractivity (Wildman–Crippen MR) is 107 cm³/mol. The highest BCUT2D eigenvalue weighted by atomic mass is 16.2. The number of rotatable bonds is 6. The van der Waals surface area contributed by atoms with E-state index in [9.17, 15) is 4.79 Å². The Hall–Kier alpha value is -2.74. The Labute approximate surface area is 159 Å². The second-order valence-corrected chi connectivity index (χ2v) is 7.32. The summed E-state index contributed by atoms with van der Waals surface area (Å²) in [4.78, 5) is 20.9. The molecule has 2 atom stereocenters. The molecule has 4 rings (SSSR count). The van der Waals surface area contributed by atoms with Crippen molar-refractivity contribution >= 4 is 23.3 Å². The average molecular weight is 369 g/mol. The molecule has 1 aromatic rings. The minimum atomic E-state index is -0.126. The molecule has 27 heavy (non-hydrogen) atoms. The number of carbonyl (C=O) groups is 1. The lowest BCUT2D eigenvalue weighted by Gasteiger charge is -2.33. The lowest BCUT2D eigenvalue weighted by Crippen LogP contribution is -2.52. The standard InChI is InChI=1S/C19H27N7O/c20-18(21)22-8-3-4-9-25-10-7-13(11-25)26-12-15-14-5-1-2-6-16(14)23-17(15)24-19(26)27/h1-2,5-6,12-13,17,23H,3-4,7-11H2,(H,24,27)(H4,20,21,22). The van der Waals surface area contributed by atoms with Crippen LogP contribution in [0.3, 0.4) is 0 Å². The fourth-order valence-electron chi connectivity index (χ4n) is 4.08. The first kappa shape index (κ1) is 17.7. The number of para-hydroxylation sites is 1. The van der Waals surface area contributed by atoms with E-state index in [-0.39, 0.29) is 24.2 Å². The van der Waals surface area contributed by atoms with Gasteiger partial charge in [0.15, 0.2) is 5.96 Å². The van der Waals surface area contributed by atoms with Gasteiger partial charge in [0.2, 0.25) is 0 Å². The van der Waals surface area contributed by atoms with Gasteiger partial charge in [-0.2, -0.15) is 0 Å². The quantitative estimate of drug-likeness (QED) is 0.339. The highest BCUT2D eigenvalue weighted by Crippen LogP contribution is 2.36. The molecule has 0 radical (unpaired) electrons. The van der Waals surface area contributed by atoms with E-state index < -0.39 is 0 Å². The van der Waals surface area contributed by atoms with Crippen molar-refractivity contribution in [2.45, 2.75) is 31.5 Å². The second kappa shape index (κ2) is 7.48. The molecule has 0 bridgehead atoms. The Bertz CT molecular complexity index is 771. The number of nitrogens with zero attached hydrogens (tertiary/aromatic N) is 3. The molecule has 3 aliphatic heterocycles. The fraction of sp³-hybridized carbons (Fsp3) is 0.474. The largest absolute Gasteiger partial charge is 0.370 e. The maximum absolute atomic E-state index is 12.6. The van der Waals surface area contributed by atoms with Gasteiger partial charge in [0.25, 0.3) is 0 Å². The van der Waals surface area contributed by atoms with Gasteiger partial charge in [-0.15, -0.1) is 0 Å². The fourth-order valence-corrected chi connectivity index (χ4v) is 4.08. The van der Waals surface area contributed by atoms with Gasteiger partial charge in [0, 0.05) is 42.7 Å². The van der Waals surface area contributed by atoms with E-state index in [1.54, 1.807) is 0 Å². The van der Waals surface area contributed by atoms with Gasteiger partial charge in [-0.3, -0.25) is 9.89 Å². The molecule has 1 aromatic carbocycles. The first-order valence-corrected chi connectivity index (χ1v) is 9.56. The average Bonchev–Trinajstić information content (AvgIpc) is 3.24. The van der Waals surface area contributed by atoms with Gasteiger partial charge >= 0.3 is 6.03 Å². The van der Waals surface area contributed by atoms with Crippen LogP contribution >= 0.6 is 0 Å². The molecular weight excluding hydrogens is 342 g/mol. The van der Waals surface area contributed by atoms with Crippen LogP contribution in [-0.4, -0.2) is 60.2 Å². The van der Waals surface area contributed by atoms with Gasteiger partial charge in [-0.05, 0) is 31.9 Å². The highest BCUT2D eigenvalue weighted by Gasteiger charge is 2.37. The molecule has 1 fully saturated rings. The minimum absolute atomic E-state index is 0.0244. The van der Waals surface area contributed by atoms with Crippen molar-refractivity contribution in [3.8, 4) is 0 Å². The first-order valence-electron chi connectivity index (χ1n) is 9.56. The Kier molecular flexibility index (Phi) is 4.89. The molecule has 0 spiro atoms. The number of benzene rings is 1. The van der Waals surface area contributed by atoms with Crippen LogP contribution < -0.4 is 22.1 Å². The monoisotopic (exact) mass is 369 g/mol. The lowest BCUT2D eigenvalue weighted by atomic mass is 10.1. The van der Waals surface area contributed by atoms with Crippen molar-refractivity contribution in [2.75, 3.05) is 31.5 Å². The van der Waals surface area contributed by atoms with E-state index >= 15 is 0 Å². The lowest BCUT2D eigenvalue weighted by molar-refractivity contribution is 0.194. The number of fused-ring (bicyclic) bond motifs is 3. The van der Waals surface area contributed by atoms with Crippen LogP contribution in [0.4, 0.5) is 10.5 Å². The van der Waals surface area contributed by atoms with Gasteiger partial charge in [-0.1, -0.05) is 18.2 Å². The van der Waals surface area contributed by atoms with Crippen LogP contribution in [-0.2, 0) is 0 Å². The molecule has 144 valence electrons. The summed E-state index contributed by atoms with van der Waals surface area (Å²) in [5.41, 5.74) is 14.1. The van der Waals surface area contributed by atoms with Crippen molar-refractivity contribution in [3.05, 3.63) is 36.0 Å². The van der Waals surface area contributed by atoms with Gasteiger partial charge < -0.3 is 27.0 Å². The van der Waals surface area contributed by atoms with Crippen LogP contribution in [0.15, 0.2) is 35.5 Å². The number of guanidine groups is 1. The van der Waals surface area contributed by atoms with Gasteiger partial charge in [0.05, 0.1) is 6.04 Å². The number of nitrogens with one attached hydrogen (secondary N) is 2. The number of urea groups is 1. The summed E-state index contributed by atoms with van der Waals surface area (Å²) in [5.74, 6) is 0.154. The van der Waals surface area contributed by atoms with Crippen LogP contribution in [0.25, 0.3) is 5.57 Å². The highest BCUT2D eigenvalue weighted by molar-refractivity contribution is 5.93. The third-order valence-electron chi connectivity index (χ3n) is 5.45. The molecule has 0 aromatic heterocycles. The molecule has 3 heterocycles. The maximum atomic E-state index is 12.6. The topological polar surface area (TPSA) is 112 Å². The Balaban J connectivity index is 1.36. The molecule has 1 saturated heterocycles. The molecule has 3 aliphatic rings. The second-order valence-electron chi connectivity index (χ2n) is 7.32. The molecule has 2 amide bonds. The molecule has 8 heteroatoms. The summed E-state index contributed by atoms with van der Waals surface area (Å²) in [7, 11) is 0. The van der Waals surface area contributed by atoms with Crippen molar-refractivity contribution in [3.63, 3.8) is 0 Å². The molecule has 2 unspecified atom stereocenters. The number of nitrogens with two attached hydrogens (primary N) is 2. The van der Waals surface area contributed by atoms with E-state index in [4.69, 9.17) is 11.5 Å². The summed E-state index contributed by atoms with van der Waals surface area (Å²) >= 11 is 0. The zero-order valence-corrected chi connectivity index (χ0v) is 15.4. The van der Waals surface area contributed by atoms with E-state index in [1.165, 1.54) is 5.56 Å². The van der Waals surface area contributed by atoms with E-state index in [2.05, 4.69) is 26.6 Å². The maximum Gasteiger partial charge on any atom is 0.323 e. The minimum Gasteiger partial charge on any atom is -0.370 e. The van der Waals surface area contributed by atoms with Crippen molar-refractivity contribution in [1.29, 1.82) is 0 Å². The first-order chi connectivity index (χ1) is 13.1. The van der Waals surface area contributed by atoms with Crippen LogP contribution in [0.2, 0.25) is 0 Å². The Morgan fingerprint density at radius 2 is 2.07 bits per heavy atom. The number of carbonyl (C=O) groups excluding carboxylic acids is 1. The SMILES string of the molecule is NC(N)=NCCCCN1CCC(N2C=C3c4ccccc4NC3NC2=O)C1. The summed E-state index contributed by atoms with van der Waals surface area (Å²) in [6, 6.07) is 8.37. The summed E-state index contributed by atoms with van der Waals surface area (Å²) in [5, 5.41) is 6.46. The zero-order valence-electron chi connectivity index (χ0n) is 15.4. The summed E-state index contributed by atoms with van der Waals surface area (Å²) < 4.78 is 0. The molecule has 0 saturated carbocycles. The number of aliphatic imine (C=N–C) groups is 1. The van der Waals surface area contributed by atoms with Crippen LogP contribution in [0.5, 0.6) is 0 Å². The van der Waals surface area contributed by atoms with E-state index in [0.29, 0.717) is 6.54 Å². The number of hydrogen-bond acceptors (Lipinski definition) is 4. The van der Waals surface area contributed by atoms with Crippen LogP contribution in [0.1, 0.15) is 24.8 Å². The number of amides is 2. The normalized spacial score (nSPS) is 23.9. The number of anilines is 1. The third-order valence-corrected chi connectivity index (χ3v) is 5.45. The van der Waals surface area contributed by atoms with Crippen molar-refractivity contribution in [1.82, 2.24) is 15.1 Å². The Morgan fingerprint density at radius 1 is 1.22 bits per heavy atom. The zero-order chi connectivity index (χ0) is 18.8. The summed E-state index contributed by atoms with van der Waals surface area (Å²) in [6.45, 7) is 3.60. The molecule has 0 aliphatic carbocycles. The molecule has 8 nitrogen and oxygen atoms in total. The smallest absolute Gasteiger partial charge is 0.323 e. The van der Waals surface area contributed by atoms with Crippen LogP contribution in [0, 0.1) is 0 Å². The molecule has 6 N–H and O–H groups in total.